The van der Waals surface area contributed by atoms with Crippen LogP contribution in [0.3, 0.4) is 0 Å². The lowest BCUT2D eigenvalue weighted by Crippen LogP contribution is -2.43. The van der Waals surface area contributed by atoms with Crippen LogP contribution in [0.15, 0.2) is 48.8 Å². The van der Waals surface area contributed by atoms with Crippen LogP contribution in [0.2, 0.25) is 0 Å². The first-order valence-electron chi connectivity index (χ1n) is 6.90. The third-order valence-electron chi connectivity index (χ3n) is 3.25. The number of carboxylic acid groups (broad SMARTS) is 1. The number of nitrogens with zero attached hydrogens (tertiary/aromatic N) is 2. The lowest BCUT2D eigenvalue weighted by atomic mass is 10.0. The van der Waals surface area contributed by atoms with Gasteiger partial charge in [-0.1, -0.05) is 26.0 Å². The minimum absolute atomic E-state index is 0.0441. The fourth-order valence-corrected chi connectivity index (χ4v) is 2.14. The van der Waals surface area contributed by atoms with Crippen molar-refractivity contribution >= 4 is 5.97 Å². The Morgan fingerprint density at radius 3 is 1.90 bits per heavy atom. The van der Waals surface area contributed by atoms with Crippen molar-refractivity contribution in [2.75, 3.05) is 0 Å². The zero-order valence-electron chi connectivity index (χ0n) is 12.1. The molecule has 0 amide bonds. The summed E-state index contributed by atoms with van der Waals surface area (Å²) in [5, 5.41) is 12.5. The first-order valence-corrected chi connectivity index (χ1v) is 6.90. The predicted molar refractivity (Wildman–Crippen MR) is 79.7 cm³/mol. The number of rotatable bonds is 6. The van der Waals surface area contributed by atoms with E-state index in [2.05, 4.69) is 15.3 Å². The maximum absolute atomic E-state index is 11.4. The van der Waals surface area contributed by atoms with Crippen LogP contribution in [0.4, 0.5) is 0 Å². The Labute approximate surface area is 124 Å². The van der Waals surface area contributed by atoms with Gasteiger partial charge in [-0.3, -0.25) is 20.1 Å². The number of carbonyl (C=O) groups is 1. The molecule has 0 aliphatic carbocycles. The quantitative estimate of drug-likeness (QED) is 0.851. The molecule has 0 saturated heterocycles. The van der Waals surface area contributed by atoms with Crippen LogP contribution in [0, 0.1) is 5.92 Å². The molecule has 2 aromatic rings. The van der Waals surface area contributed by atoms with Gasteiger partial charge in [0.05, 0.1) is 17.4 Å². The van der Waals surface area contributed by atoms with E-state index < -0.39 is 12.0 Å². The highest BCUT2D eigenvalue weighted by molar-refractivity contribution is 5.73. The second kappa shape index (κ2) is 6.95. The summed E-state index contributed by atoms with van der Waals surface area (Å²) in [6.07, 6.45) is 3.39. The van der Waals surface area contributed by atoms with Gasteiger partial charge < -0.3 is 5.11 Å². The van der Waals surface area contributed by atoms with Gasteiger partial charge in [-0.2, -0.15) is 0 Å². The average molecular weight is 285 g/mol. The highest BCUT2D eigenvalue weighted by Crippen LogP contribution is 2.20. The molecule has 0 aromatic carbocycles. The molecule has 1 atom stereocenters. The highest BCUT2D eigenvalue weighted by Gasteiger charge is 2.27. The molecule has 2 rings (SSSR count). The summed E-state index contributed by atoms with van der Waals surface area (Å²) in [4.78, 5) is 20.1. The van der Waals surface area contributed by atoms with Gasteiger partial charge >= 0.3 is 5.97 Å². The maximum Gasteiger partial charge on any atom is 0.320 e. The molecule has 0 bridgehead atoms. The summed E-state index contributed by atoms with van der Waals surface area (Å²) < 4.78 is 0. The molecular weight excluding hydrogens is 266 g/mol. The summed E-state index contributed by atoms with van der Waals surface area (Å²) in [5.41, 5.74) is 1.51. The van der Waals surface area contributed by atoms with Crippen molar-refractivity contribution in [1.82, 2.24) is 15.3 Å². The topological polar surface area (TPSA) is 75.1 Å². The molecule has 0 aliphatic heterocycles. The van der Waals surface area contributed by atoms with Gasteiger partial charge in [-0.15, -0.1) is 0 Å². The number of hydrogen-bond acceptors (Lipinski definition) is 4. The van der Waals surface area contributed by atoms with Crippen LogP contribution in [-0.2, 0) is 4.79 Å². The van der Waals surface area contributed by atoms with E-state index in [9.17, 15) is 9.90 Å². The molecule has 2 aromatic heterocycles. The lowest BCUT2D eigenvalue weighted by molar-refractivity contribution is -0.140. The summed E-state index contributed by atoms with van der Waals surface area (Å²) in [7, 11) is 0. The van der Waals surface area contributed by atoms with Crippen molar-refractivity contribution in [3.63, 3.8) is 0 Å². The Morgan fingerprint density at radius 1 is 1.05 bits per heavy atom. The molecule has 110 valence electrons. The number of hydrogen-bond donors (Lipinski definition) is 2. The van der Waals surface area contributed by atoms with Crippen LogP contribution < -0.4 is 5.32 Å². The van der Waals surface area contributed by atoms with Crippen LogP contribution in [0.5, 0.6) is 0 Å². The van der Waals surface area contributed by atoms with Crippen molar-refractivity contribution in [3.8, 4) is 0 Å². The van der Waals surface area contributed by atoms with Gasteiger partial charge in [-0.25, -0.2) is 0 Å². The minimum atomic E-state index is -0.873. The van der Waals surface area contributed by atoms with E-state index in [1.165, 1.54) is 0 Å². The standard InChI is InChI=1S/C16H19N3O2/c1-11(2)14(16(20)21)19-15(12-7-3-5-9-17-12)13-8-4-6-10-18-13/h3-11,14-15,19H,1-2H3,(H,20,21)/t14-/m0/s1. The zero-order valence-corrected chi connectivity index (χ0v) is 12.1. The molecule has 0 aliphatic rings. The average Bonchev–Trinajstić information content (AvgIpc) is 2.49. The smallest absolute Gasteiger partial charge is 0.320 e. The van der Waals surface area contributed by atoms with E-state index in [0.717, 1.165) is 11.4 Å². The number of aliphatic carboxylic acids is 1. The summed E-state index contributed by atoms with van der Waals surface area (Å²) in [6.45, 7) is 3.75. The SMILES string of the molecule is CC(C)[C@H](NC(c1ccccn1)c1ccccn1)C(=O)O. The largest absolute Gasteiger partial charge is 0.480 e. The van der Waals surface area contributed by atoms with Gasteiger partial charge in [0, 0.05) is 12.4 Å². The molecule has 2 N–H and O–H groups in total. The van der Waals surface area contributed by atoms with E-state index in [1.807, 2.05) is 50.2 Å². The van der Waals surface area contributed by atoms with Crippen LogP contribution in [-0.4, -0.2) is 27.1 Å². The van der Waals surface area contributed by atoms with Gasteiger partial charge in [0.1, 0.15) is 6.04 Å². The number of nitrogens with one attached hydrogen (secondary N) is 1. The van der Waals surface area contributed by atoms with Crippen molar-refractivity contribution in [2.24, 2.45) is 5.92 Å². The first kappa shape index (κ1) is 15.1. The van der Waals surface area contributed by atoms with Gasteiger partial charge in [0.15, 0.2) is 0 Å². The molecule has 0 radical (unpaired) electrons. The number of aromatic nitrogens is 2. The van der Waals surface area contributed by atoms with Gasteiger partial charge in [-0.05, 0) is 30.2 Å². The maximum atomic E-state index is 11.4. The van der Waals surface area contributed by atoms with Gasteiger partial charge in [0.2, 0.25) is 0 Å². The predicted octanol–water partition coefficient (Wildman–Crippen LogP) is 2.26. The molecular formula is C16H19N3O2. The molecule has 2 heterocycles. The molecule has 5 heteroatoms. The van der Waals surface area contributed by atoms with Crippen LogP contribution in [0.25, 0.3) is 0 Å². The van der Waals surface area contributed by atoms with Crippen molar-refractivity contribution in [3.05, 3.63) is 60.2 Å². The van der Waals surface area contributed by atoms with E-state index in [1.54, 1.807) is 12.4 Å². The second-order valence-electron chi connectivity index (χ2n) is 5.17. The highest BCUT2D eigenvalue weighted by atomic mass is 16.4. The Balaban J connectivity index is 2.35. The molecule has 0 saturated carbocycles. The zero-order chi connectivity index (χ0) is 15.2. The monoisotopic (exact) mass is 285 g/mol. The number of pyridine rings is 2. The Kier molecular flexibility index (Phi) is 5.00. The Hall–Kier alpha value is -2.27. The van der Waals surface area contributed by atoms with E-state index in [0.29, 0.717) is 0 Å². The molecule has 0 spiro atoms. The minimum Gasteiger partial charge on any atom is -0.480 e. The van der Waals surface area contributed by atoms with Crippen LogP contribution in [0.1, 0.15) is 31.3 Å². The summed E-state index contributed by atoms with van der Waals surface area (Å²) in [5.74, 6) is -0.917. The molecule has 0 unspecified atom stereocenters. The lowest BCUT2D eigenvalue weighted by Gasteiger charge is -2.25. The van der Waals surface area contributed by atoms with Crippen LogP contribution >= 0.6 is 0 Å². The Morgan fingerprint density at radius 2 is 1.57 bits per heavy atom. The number of carboxylic acids is 1. The molecule has 21 heavy (non-hydrogen) atoms. The molecule has 0 fully saturated rings. The van der Waals surface area contributed by atoms with E-state index in [4.69, 9.17) is 0 Å². The van der Waals surface area contributed by atoms with Crippen molar-refractivity contribution < 1.29 is 9.90 Å². The Bertz CT molecular complexity index is 533. The normalized spacial score (nSPS) is 12.6. The van der Waals surface area contributed by atoms with Crippen molar-refractivity contribution in [1.29, 1.82) is 0 Å². The first-order chi connectivity index (χ1) is 10.1. The van der Waals surface area contributed by atoms with E-state index >= 15 is 0 Å². The summed E-state index contributed by atoms with van der Waals surface area (Å²) in [6, 6.07) is 10.1. The third-order valence-corrected chi connectivity index (χ3v) is 3.25. The fraction of sp³-hybridized carbons (Fsp3) is 0.312. The third kappa shape index (κ3) is 3.86. The fourth-order valence-electron chi connectivity index (χ4n) is 2.14. The second-order valence-corrected chi connectivity index (χ2v) is 5.17. The van der Waals surface area contributed by atoms with Crippen molar-refractivity contribution in [2.45, 2.75) is 25.9 Å². The van der Waals surface area contributed by atoms with E-state index in [-0.39, 0.29) is 12.0 Å². The van der Waals surface area contributed by atoms with Gasteiger partial charge in [0.25, 0.3) is 0 Å². The molecule has 5 nitrogen and oxygen atoms in total. The summed E-state index contributed by atoms with van der Waals surface area (Å²) >= 11 is 0.